The van der Waals surface area contributed by atoms with Crippen molar-refractivity contribution in [3.05, 3.63) is 29.7 Å². The maximum atomic E-state index is 12.8. The molecule has 0 radical (unpaired) electrons. The standard InChI is InChI=1S/C16H15I2NO2S2/c17-10-6-9(14(20)12(18)8-10)7-13-15(21)19(16(22)23-13)11-4-2-1-3-5-11/h6-8,11,20H,1-5H2/b13-7+. The Labute approximate surface area is 172 Å². The fourth-order valence-electron chi connectivity index (χ4n) is 2.97. The minimum Gasteiger partial charge on any atom is -0.506 e. The molecule has 2 aliphatic rings. The van der Waals surface area contributed by atoms with E-state index in [2.05, 4.69) is 45.2 Å². The van der Waals surface area contributed by atoms with Crippen LogP contribution in [0.15, 0.2) is 17.0 Å². The van der Waals surface area contributed by atoms with E-state index in [-0.39, 0.29) is 17.7 Å². The number of carbonyl (C=O) groups is 1. The van der Waals surface area contributed by atoms with Gasteiger partial charge in [0.1, 0.15) is 10.1 Å². The number of aromatic hydroxyl groups is 1. The molecule has 122 valence electrons. The van der Waals surface area contributed by atoms with E-state index in [0.717, 1.165) is 32.8 Å². The number of hydrogen-bond acceptors (Lipinski definition) is 4. The van der Waals surface area contributed by atoms with Gasteiger partial charge in [0, 0.05) is 15.2 Å². The molecule has 0 unspecified atom stereocenters. The van der Waals surface area contributed by atoms with Crippen molar-refractivity contribution in [1.29, 1.82) is 0 Å². The van der Waals surface area contributed by atoms with Crippen LogP contribution in [0.1, 0.15) is 37.7 Å². The number of halogens is 2. The lowest BCUT2D eigenvalue weighted by Crippen LogP contribution is -2.39. The van der Waals surface area contributed by atoms with Gasteiger partial charge in [-0.25, -0.2) is 0 Å². The first-order chi connectivity index (χ1) is 11.0. The molecule has 2 fully saturated rings. The number of amides is 1. The Kier molecular flexibility index (Phi) is 5.90. The molecule has 23 heavy (non-hydrogen) atoms. The lowest BCUT2D eigenvalue weighted by atomic mass is 9.94. The maximum Gasteiger partial charge on any atom is 0.266 e. The zero-order chi connectivity index (χ0) is 16.6. The van der Waals surface area contributed by atoms with Crippen LogP contribution in [0, 0.1) is 7.14 Å². The van der Waals surface area contributed by atoms with E-state index in [1.165, 1.54) is 18.2 Å². The van der Waals surface area contributed by atoms with Crippen LogP contribution in [0.4, 0.5) is 0 Å². The molecule has 3 rings (SSSR count). The van der Waals surface area contributed by atoms with E-state index in [0.29, 0.717) is 14.8 Å². The predicted octanol–water partition coefficient (Wildman–Crippen LogP) is 5.14. The van der Waals surface area contributed by atoms with Crippen molar-refractivity contribution in [2.24, 2.45) is 0 Å². The summed E-state index contributed by atoms with van der Waals surface area (Å²) in [6, 6.07) is 4.03. The molecule has 1 amide bonds. The molecule has 1 aromatic rings. The van der Waals surface area contributed by atoms with Crippen molar-refractivity contribution in [1.82, 2.24) is 4.90 Å². The van der Waals surface area contributed by atoms with Gasteiger partial charge in [0.25, 0.3) is 5.91 Å². The van der Waals surface area contributed by atoms with E-state index in [4.69, 9.17) is 12.2 Å². The van der Waals surface area contributed by atoms with Gasteiger partial charge in [0.2, 0.25) is 0 Å². The Hall–Kier alpha value is 0.130. The monoisotopic (exact) mass is 571 g/mol. The molecule has 1 aliphatic carbocycles. The number of thioether (sulfide) groups is 1. The van der Waals surface area contributed by atoms with Crippen molar-refractivity contribution < 1.29 is 9.90 Å². The molecule has 0 aromatic heterocycles. The number of rotatable bonds is 2. The summed E-state index contributed by atoms with van der Waals surface area (Å²) < 4.78 is 2.45. The van der Waals surface area contributed by atoms with Crippen LogP contribution in [0.5, 0.6) is 5.75 Å². The average molecular weight is 571 g/mol. The lowest BCUT2D eigenvalue weighted by Gasteiger charge is -2.29. The van der Waals surface area contributed by atoms with Crippen molar-refractivity contribution in [3.63, 3.8) is 0 Å². The molecular formula is C16H15I2NO2S2. The normalized spacial score (nSPS) is 21.5. The van der Waals surface area contributed by atoms with E-state index in [1.54, 1.807) is 11.0 Å². The third-order valence-electron chi connectivity index (χ3n) is 4.11. The zero-order valence-electron chi connectivity index (χ0n) is 12.2. The van der Waals surface area contributed by atoms with E-state index < -0.39 is 0 Å². The highest BCUT2D eigenvalue weighted by atomic mass is 127. The van der Waals surface area contributed by atoms with Gasteiger partial charge in [-0.3, -0.25) is 9.69 Å². The number of hydrogen-bond donors (Lipinski definition) is 1. The van der Waals surface area contributed by atoms with Gasteiger partial charge in [-0.1, -0.05) is 43.2 Å². The van der Waals surface area contributed by atoms with Crippen molar-refractivity contribution >= 4 is 85.5 Å². The minimum atomic E-state index is -0.0137. The molecule has 1 aliphatic heterocycles. The van der Waals surface area contributed by atoms with E-state index >= 15 is 0 Å². The SMILES string of the molecule is O=C1/C(=C\c2cc(I)cc(I)c2O)SC(=S)N1C1CCCCC1. The fourth-order valence-corrected chi connectivity index (χ4v) is 6.25. The van der Waals surface area contributed by atoms with Crippen LogP contribution < -0.4 is 0 Å². The Morgan fingerprint density at radius 2 is 1.96 bits per heavy atom. The molecule has 0 spiro atoms. The van der Waals surface area contributed by atoms with Crippen LogP contribution >= 0.6 is 69.2 Å². The van der Waals surface area contributed by atoms with Crippen LogP contribution in [0.2, 0.25) is 0 Å². The highest BCUT2D eigenvalue weighted by Gasteiger charge is 2.37. The smallest absolute Gasteiger partial charge is 0.266 e. The quantitative estimate of drug-likeness (QED) is 0.304. The Morgan fingerprint density at radius 1 is 1.26 bits per heavy atom. The van der Waals surface area contributed by atoms with Gasteiger partial charge in [-0.2, -0.15) is 0 Å². The molecule has 0 bridgehead atoms. The van der Waals surface area contributed by atoms with Crippen LogP contribution in [0.3, 0.4) is 0 Å². The summed E-state index contributed by atoms with van der Waals surface area (Å²) in [6.45, 7) is 0. The van der Waals surface area contributed by atoms with Crippen molar-refractivity contribution in [2.45, 2.75) is 38.1 Å². The van der Waals surface area contributed by atoms with Gasteiger partial charge in [0.05, 0.1) is 8.48 Å². The molecule has 3 nitrogen and oxygen atoms in total. The average Bonchev–Trinajstić information content (AvgIpc) is 2.79. The first-order valence-electron chi connectivity index (χ1n) is 7.42. The Morgan fingerprint density at radius 3 is 2.65 bits per heavy atom. The summed E-state index contributed by atoms with van der Waals surface area (Å²) >= 11 is 11.1. The van der Waals surface area contributed by atoms with Gasteiger partial charge in [-0.05, 0) is 76.2 Å². The van der Waals surface area contributed by atoms with Gasteiger partial charge < -0.3 is 5.11 Å². The van der Waals surface area contributed by atoms with Crippen LogP contribution in [-0.4, -0.2) is 26.3 Å². The fraction of sp³-hybridized carbons (Fsp3) is 0.375. The van der Waals surface area contributed by atoms with Crippen molar-refractivity contribution in [2.75, 3.05) is 0 Å². The number of carbonyl (C=O) groups excluding carboxylic acids is 1. The number of phenols is 1. The summed E-state index contributed by atoms with van der Waals surface area (Å²) in [7, 11) is 0. The second-order valence-corrected chi connectivity index (χ2v) is 9.75. The first-order valence-corrected chi connectivity index (χ1v) is 10.8. The highest BCUT2D eigenvalue weighted by Crippen LogP contribution is 2.39. The van der Waals surface area contributed by atoms with Gasteiger partial charge in [0.15, 0.2) is 0 Å². The second-order valence-electron chi connectivity index (χ2n) is 5.67. The van der Waals surface area contributed by atoms with Gasteiger partial charge >= 0.3 is 0 Å². The third-order valence-corrected chi connectivity index (χ3v) is 6.88. The molecule has 1 aromatic carbocycles. The highest BCUT2D eigenvalue weighted by molar-refractivity contribution is 14.1. The van der Waals surface area contributed by atoms with E-state index in [1.807, 2.05) is 12.1 Å². The number of thiocarbonyl (C=S) groups is 1. The lowest BCUT2D eigenvalue weighted by molar-refractivity contribution is -0.124. The topological polar surface area (TPSA) is 40.5 Å². The number of phenolic OH excluding ortho intramolecular Hbond substituents is 1. The van der Waals surface area contributed by atoms with Crippen molar-refractivity contribution in [3.8, 4) is 5.75 Å². The number of benzene rings is 1. The molecule has 0 atom stereocenters. The molecule has 1 saturated carbocycles. The Bertz CT molecular complexity index is 700. The molecule has 1 heterocycles. The minimum absolute atomic E-state index is 0.0137. The molecular weight excluding hydrogens is 556 g/mol. The Balaban J connectivity index is 1.90. The summed E-state index contributed by atoms with van der Waals surface area (Å²) in [5, 5.41) is 10.2. The summed E-state index contributed by atoms with van der Waals surface area (Å²) in [4.78, 5) is 15.2. The van der Waals surface area contributed by atoms with E-state index in [9.17, 15) is 9.90 Å². The summed E-state index contributed by atoms with van der Waals surface area (Å²) in [5.41, 5.74) is 0.672. The largest absolute Gasteiger partial charge is 0.506 e. The second kappa shape index (κ2) is 7.57. The number of nitrogens with zero attached hydrogens (tertiary/aromatic N) is 1. The summed E-state index contributed by atoms with van der Waals surface area (Å²) in [6.07, 6.45) is 7.41. The summed E-state index contributed by atoms with van der Waals surface area (Å²) in [5.74, 6) is 0.203. The predicted molar refractivity (Wildman–Crippen MR) is 115 cm³/mol. The molecule has 1 N–H and O–H groups in total. The first kappa shape index (κ1) is 17.9. The third kappa shape index (κ3) is 3.87. The van der Waals surface area contributed by atoms with Crippen LogP contribution in [-0.2, 0) is 4.79 Å². The van der Waals surface area contributed by atoms with Crippen LogP contribution in [0.25, 0.3) is 6.08 Å². The molecule has 7 heteroatoms. The zero-order valence-corrected chi connectivity index (χ0v) is 18.2. The van der Waals surface area contributed by atoms with Gasteiger partial charge in [-0.15, -0.1) is 0 Å². The maximum absolute atomic E-state index is 12.8. The molecule has 1 saturated heterocycles.